The normalized spacial score (nSPS) is 12.3. The summed E-state index contributed by atoms with van der Waals surface area (Å²) in [6.45, 7) is 0.767. The molecule has 1 amide bonds. The van der Waals surface area contributed by atoms with Crippen molar-refractivity contribution in [1.29, 1.82) is 0 Å². The number of aryl methyl sites for hydroxylation is 1. The molecule has 8 heteroatoms. The van der Waals surface area contributed by atoms with Gasteiger partial charge < -0.3 is 18.8 Å². The standard InChI is InChI=1S/C24H22N4O4/c1-28(14-18-4-2-3-17-13-25-10-9-19(17)18)24(29)8-7-22-26-27-23(32-22)12-16-5-6-20-21(11-16)31-15-30-20/h2-6,9-11,13H,7-8,12,14-15H2,1H3. The van der Waals surface area contributed by atoms with Gasteiger partial charge in [-0.3, -0.25) is 9.78 Å². The highest BCUT2D eigenvalue weighted by atomic mass is 16.7. The Labute approximate surface area is 184 Å². The highest BCUT2D eigenvalue weighted by Gasteiger charge is 2.16. The number of pyridine rings is 1. The first-order chi connectivity index (χ1) is 15.7. The second kappa shape index (κ2) is 8.66. The van der Waals surface area contributed by atoms with Crippen molar-refractivity contribution in [3.05, 3.63) is 77.8 Å². The molecule has 1 aliphatic heterocycles. The molecule has 8 nitrogen and oxygen atoms in total. The van der Waals surface area contributed by atoms with Crippen molar-refractivity contribution in [1.82, 2.24) is 20.1 Å². The van der Waals surface area contributed by atoms with Gasteiger partial charge in [0, 0.05) is 44.2 Å². The molecule has 0 N–H and O–H groups in total. The number of amides is 1. The van der Waals surface area contributed by atoms with Gasteiger partial charge in [0.25, 0.3) is 0 Å². The van der Waals surface area contributed by atoms with Gasteiger partial charge >= 0.3 is 0 Å². The molecule has 0 saturated carbocycles. The lowest BCUT2D eigenvalue weighted by Crippen LogP contribution is -2.26. The van der Waals surface area contributed by atoms with Crippen molar-refractivity contribution in [2.75, 3.05) is 13.8 Å². The molecule has 32 heavy (non-hydrogen) atoms. The summed E-state index contributed by atoms with van der Waals surface area (Å²) in [7, 11) is 1.81. The van der Waals surface area contributed by atoms with E-state index in [0.717, 1.165) is 33.4 Å². The van der Waals surface area contributed by atoms with Crippen LogP contribution in [0.4, 0.5) is 0 Å². The number of fused-ring (bicyclic) bond motifs is 2. The van der Waals surface area contributed by atoms with E-state index in [0.29, 0.717) is 37.6 Å². The van der Waals surface area contributed by atoms with Crippen molar-refractivity contribution >= 4 is 16.7 Å². The molecule has 0 aliphatic carbocycles. The van der Waals surface area contributed by atoms with E-state index in [-0.39, 0.29) is 12.7 Å². The van der Waals surface area contributed by atoms with E-state index in [1.54, 1.807) is 18.1 Å². The number of aromatic nitrogens is 3. The van der Waals surface area contributed by atoms with Crippen LogP contribution >= 0.6 is 0 Å². The molecule has 2 aromatic heterocycles. The molecule has 162 valence electrons. The lowest BCUT2D eigenvalue weighted by Gasteiger charge is -2.18. The van der Waals surface area contributed by atoms with Crippen LogP contribution in [0.25, 0.3) is 10.8 Å². The van der Waals surface area contributed by atoms with Crippen molar-refractivity contribution < 1.29 is 18.7 Å². The third kappa shape index (κ3) is 4.25. The first-order valence-electron chi connectivity index (χ1n) is 10.4. The molecule has 0 unspecified atom stereocenters. The van der Waals surface area contributed by atoms with Crippen LogP contribution in [0.15, 0.2) is 59.3 Å². The fraction of sp³-hybridized carbons (Fsp3) is 0.250. The van der Waals surface area contributed by atoms with Gasteiger partial charge in [0.2, 0.25) is 24.5 Å². The van der Waals surface area contributed by atoms with Gasteiger partial charge in [-0.1, -0.05) is 24.3 Å². The summed E-state index contributed by atoms with van der Waals surface area (Å²) in [4.78, 5) is 18.5. The second-order valence-corrected chi connectivity index (χ2v) is 7.72. The number of nitrogens with zero attached hydrogens (tertiary/aromatic N) is 4. The van der Waals surface area contributed by atoms with Crippen LogP contribution in [0.2, 0.25) is 0 Å². The first kappa shape index (κ1) is 20.0. The number of rotatable bonds is 7. The zero-order valence-electron chi connectivity index (χ0n) is 17.7. The van der Waals surface area contributed by atoms with E-state index in [1.165, 1.54) is 0 Å². The third-order valence-electron chi connectivity index (χ3n) is 5.46. The number of ether oxygens (including phenoxy) is 2. The highest BCUT2D eigenvalue weighted by molar-refractivity contribution is 5.85. The summed E-state index contributed by atoms with van der Waals surface area (Å²) in [5.74, 6) is 2.44. The summed E-state index contributed by atoms with van der Waals surface area (Å²) in [5, 5.41) is 10.4. The minimum Gasteiger partial charge on any atom is -0.454 e. The van der Waals surface area contributed by atoms with Gasteiger partial charge in [0.05, 0.1) is 6.42 Å². The topological polar surface area (TPSA) is 90.6 Å². The highest BCUT2D eigenvalue weighted by Crippen LogP contribution is 2.33. The molecule has 0 bridgehead atoms. The van der Waals surface area contributed by atoms with E-state index in [4.69, 9.17) is 13.9 Å². The minimum absolute atomic E-state index is 0.0200. The van der Waals surface area contributed by atoms with Gasteiger partial charge in [-0.05, 0) is 34.7 Å². The fourth-order valence-corrected chi connectivity index (χ4v) is 3.76. The van der Waals surface area contributed by atoms with Crippen LogP contribution in [-0.4, -0.2) is 39.8 Å². The average molecular weight is 430 g/mol. The Morgan fingerprint density at radius 2 is 1.94 bits per heavy atom. The molecular weight excluding hydrogens is 408 g/mol. The molecule has 0 saturated heterocycles. The molecular formula is C24H22N4O4. The van der Waals surface area contributed by atoms with Crippen molar-refractivity contribution in [3.8, 4) is 11.5 Å². The Bertz CT molecular complexity index is 1260. The number of hydrogen-bond donors (Lipinski definition) is 0. The van der Waals surface area contributed by atoms with Crippen molar-refractivity contribution in [2.45, 2.75) is 25.8 Å². The summed E-state index contributed by atoms with van der Waals surface area (Å²) in [6, 6.07) is 13.7. The van der Waals surface area contributed by atoms with Gasteiger partial charge in [-0.15, -0.1) is 10.2 Å². The Balaban J connectivity index is 1.17. The van der Waals surface area contributed by atoms with E-state index in [1.807, 2.05) is 48.7 Å². The maximum atomic E-state index is 12.7. The first-order valence-corrected chi connectivity index (χ1v) is 10.4. The van der Waals surface area contributed by atoms with Crippen LogP contribution in [0.1, 0.15) is 29.3 Å². The third-order valence-corrected chi connectivity index (χ3v) is 5.46. The van der Waals surface area contributed by atoms with Crippen molar-refractivity contribution in [3.63, 3.8) is 0 Å². The number of carbonyl (C=O) groups excluding carboxylic acids is 1. The van der Waals surface area contributed by atoms with Crippen LogP contribution in [0.3, 0.4) is 0 Å². The minimum atomic E-state index is 0.0200. The monoisotopic (exact) mass is 430 g/mol. The van der Waals surface area contributed by atoms with Gasteiger partial charge in [-0.25, -0.2) is 0 Å². The van der Waals surface area contributed by atoms with Crippen LogP contribution < -0.4 is 9.47 Å². The average Bonchev–Trinajstić information content (AvgIpc) is 3.46. The lowest BCUT2D eigenvalue weighted by atomic mass is 10.1. The quantitative estimate of drug-likeness (QED) is 0.443. The Hall–Kier alpha value is -3.94. The Morgan fingerprint density at radius 1 is 1.06 bits per heavy atom. The molecule has 4 aromatic rings. The van der Waals surface area contributed by atoms with Crippen LogP contribution in [0.5, 0.6) is 11.5 Å². The summed E-state index contributed by atoms with van der Waals surface area (Å²) in [6.07, 6.45) is 4.79. The SMILES string of the molecule is CN(Cc1cccc2cnccc12)C(=O)CCc1nnc(Cc2ccc3c(c2)OCO3)o1. The largest absolute Gasteiger partial charge is 0.454 e. The fourth-order valence-electron chi connectivity index (χ4n) is 3.76. The van der Waals surface area contributed by atoms with Gasteiger partial charge in [-0.2, -0.15) is 0 Å². The molecule has 3 heterocycles. The number of hydrogen-bond acceptors (Lipinski definition) is 7. The van der Waals surface area contributed by atoms with Crippen LogP contribution in [-0.2, 0) is 24.2 Å². The maximum Gasteiger partial charge on any atom is 0.231 e. The summed E-state index contributed by atoms with van der Waals surface area (Å²) >= 11 is 0. The van der Waals surface area contributed by atoms with Gasteiger partial charge in [0.1, 0.15) is 0 Å². The smallest absolute Gasteiger partial charge is 0.231 e. The predicted molar refractivity (Wildman–Crippen MR) is 116 cm³/mol. The zero-order chi connectivity index (χ0) is 21.9. The Kier molecular flexibility index (Phi) is 5.41. The van der Waals surface area contributed by atoms with E-state index in [9.17, 15) is 4.79 Å². The number of carbonyl (C=O) groups is 1. The van der Waals surface area contributed by atoms with E-state index in [2.05, 4.69) is 15.2 Å². The Morgan fingerprint density at radius 3 is 2.88 bits per heavy atom. The molecule has 0 spiro atoms. The van der Waals surface area contributed by atoms with E-state index >= 15 is 0 Å². The zero-order valence-corrected chi connectivity index (χ0v) is 17.7. The summed E-state index contributed by atoms with van der Waals surface area (Å²) in [5.41, 5.74) is 2.08. The van der Waals surface area contributed by atoms with Gasteiger partial charge in [0.15, 0.2) is 11.5 Å². The maximum absolute atomic E-state index is 12.7. The van der Waals surface area contributed by atoms with Crippen molar-refractivity contribution in [2.24, 2.45) is 0 Å². The molecule has 1 aliphatic rings. The molecule has 0 atom stereocenters. The molecule has 2 aromatic carbocycles. The lowest BCUT2D eigenvalue weighted by molar-refractivity contribution is -0.130. The second-order valence-electron chi connectivity index (χ2n) is 7.72. The summed E-state index contributed by atoms with van der Waals surface area (Å²) < 4.78 is 16.5. The van der Waals surface area contributed by atoms with Crippen LogP contribution in [0, 0.1) is 0 Å². The number of benzene rings is 2. The van der Waals surface area contributed by atoms with E-state index < -0.39 is 0 Å². The molecule has 0 radical (unpaired) electrons. The predicted octanol–water partition coefficient (Wildman–Crippen LogP) is 3.53. The molecule has 5 rings (SSSR count). The molecule has 0 fully saturated rings.